The molecule has 0 spiro atoms. The second-order valence-corrected chi connectivity index (χ2v) is 9.26. The number of halogens is 1. The number of aliphatic hydroxyl groups excluding tert-OH is 1. The van der Waals surface area contributed by atoms with Crippen molar-refractivity contribution in [1.82, 2.24) is 15.1 Å². The van der Waals surface area contributed by atoms with Gasteiger partial charge in [0.05, 0.1) is 17.7 Å². The number of hydrogen-bond donors (Lipinski definition) is 2. The molecule has 34 heavy (non-hydrogen) atoms. The van der Waals surface area contributed by atoms with Crippen molar-refractivity contribution in [2.45, 2.75) is 26.0 Å². The SMILES string of the molecule is CC(C)Oc1ccc(C(O)=C2C(=O)C(=O)N(CCN3CCNCC3)C2c2ccc(Cl)cc2)cc1. The molecular weight excluding hydrogens is 454 g/mol. The molecule has 0 saturated carbocycles. The molecule has 2 saturated heterocycles. The third-order valence-corrected chi connectivity index (χ3v) is 6.34. The molecule has 1 atom stereocenters. The van der Waals surface area contributed by atoms with Crippen LogP contribution < -0.4 is 10.1 Å². The molecule has 2 aliphatic rings. The Bertz CT molecular complexity index is 1060. The average Bonchev–Trinajstić information content (AvgIpc) is 3.08. The van der Waals surface area contributed by atoms with Gasteiger partial charge in [-0.3, -0.25) is 14.5 Å². The Hall–Kier alpha value is -2.87. The minimum atomic E-state index is -0.688. The Morgan fingerprint density at radius 2 is 1.71 bits per heavy atom. The largest absolute Gasteiger partial charge is 0.507 e. The van der Waals surface area contributed by atoms with Gasteiger partial charge < -0.3 is 20.1 Å². The van der Waals surface area contributed by atoms with Crippen LogP contribution in [-0.4, -0.2) is 72.0 Å². The number of piperazine rings is 1. The summed E-state index contributed by atoms with van der Waals surface area (Å²) in [5.41, 5.74) is 1.27. The summed E-state index contributed by atoms with van der Waals surface area (Å²) in [7, 11) is 0. The van der Waals surface area contributed by atoms with Gasteiger partial charge in [0.25, 0.3) is 11.7 Å². The van der Waals surface area contributed by atoms with Gasteiger partial charge in [0, 0.05) is 49.9 Å². The van der Waals surface area contributed by atoms with Crippen LogP contribution in [0.15, 0.2) is 54.1 Å². The molecule has 2 aromatic carbocycles. The first-order chi connectivity index (χ1) is 16.3. The Labute approximate surface area is 205 Å². The zero-order valence-electron chi connectivity index (χ0n) is 19.5. The molecule has 0 radical (unpaired) electrons. The van der Waals surface area contributed by atoms with Gasteiger partial charge in [0.15, 0.2) is 0 Å². The van der Waals surface area contributed by atoms with Gasteiger partial charge in [-0.05, 0) is 55.8 Å². The van der Waals surface area contributed by atoms with Crippen molar-refractivity contribution in [3.05, 3.63) is 70.3 Å². The van der Waals surface area contributed by atoms with Gasteiger partial charge in [-0.2, -0.15) is 0 Å². The van der Waals surface area contributed by atoms with Crippen LogP contribution in [0.3, 0.4) is 0 Å². The van der Waals surface area contributed by atoms with E-state index in [1.165, 1.54) is 0 Å². The lowest BCUT2D eigenvalue weighted by atomic mass is 9.95. The molecular formula is C26H30ClN3O4. The average molecular weight is 484 g/mol. The number of benzene rings is 2. The lowest BCUT2D eigenvalue weighted by Crippen LogP contribution is -2.46. The van der Waals surface area contributed by atoms with Crippen molar-refractivity contribution in [2.24, 2.45) is 0 Å². The van der Waals surface area contributed by atoms with Crippen LogP contribution in [-0.2, 0) is 9.59 Å². The van der Waals surface area contributed by atoms with E-state index in [-0.39, 0.29) is 17.4 Å². The van der Waals surface area contributed by atoms with E-state index in [0.29, 0.717) is 29.4 Å². The molecule has 2 aliphatic heterocycles. The maximum absolute atomic E-state index is 13.2. The number of amides is 1. The zero-order valence-corrected chi connectivity index (χ0v) is 20.2. The summed E-state index contributed by atoms with van der Waals surface area (Å²) in [6.45, 7) is 8.48. The van der Waals surface area contributed by atoms with Crippen LogP contribution in [0, 0.1) is 0 Å². The molecule has 2 heterocycles. The molecule has 1 amide bonds. The second kappa shape index (κ2) is 10.6. The molecule has 1 unspecified atom stereocenters. The molecule has 2 N–H and O–H groups in total. The van der Waals surface area contributed by atoms with Crippen molar-refractivity contribution in [3.8, 4) is 5.75 Å². The number of likely N-dealkylation sites (tertiary alicyclic amines) is 1. The van der Waals surface area contributed by atoms with E-state index < -0.39 is 17.7 Å². The maximum Gasteiger partial charge on any atom is 0.295 e. The van der Waals surface area contributed by atoms with Gasteiger partial charge in [0.2, 0.25) is 0 Å². The molecule has 0 aromatic heterocycles. The fraction of sp³-hybridized carbons (Fsp3) is 0.385. The first kappa shape index (κ1) is 24.3. The lowest BCUT2D eigenvalue weighted by Gasteiger charge is -2.31. The Morgan fingerprint density at radius 3 is 2.32 bits per heavy atom. The van der Waals surface area contributed by atoms with Crippen LogP contribution >= 0.6 is 11.6 Å². The highest BCUT2D eigenvalue weighted by Crippen LogP contribution is 2.39. The van der Waals surface area contributed by atoms with Gasteiger partial charge in [-0.25, -0.2) is 0 Å². The maximum atomic E-state index is 13.2. The summed E-state index contributed by atoms with van der Waals surface area (Å²) in [5.74, 6) is -0.812. The highest BCUT2D eigenvalue weighted by molar-refractivity contribution is 6.46. The third-order valence-electron chi connectivity index (χ3n) is 6.09. The first-order valence-electron chi connectivity index (χ1n) is 11.6. The van der Waals surface area contributed by atoms with Crippen molar-refractivity contribution in [3.63, 3.8) is 0 Å². The number of aliphatic hydroxyl groups is 1. The molecule has 0 aliphatic carbocycles. The number of nitrogens with one attached hydrogen (secondary N) is 1. The van der Waals surface area contributed by atoms with E-state index in [4.69, 9.17) is 16.3 Å². The zero-order chi connectivity index (χ0) is 24.2. The second-order valence-electron chi connectivity index (χ2n) is 8.83. The smallest absolute Gasteiger partial charge is 0.295 e. The van der Waals surface area contributed by atoms with Crippen LogP contribution in [0.25, 0.3) is 5.76 Å². The number of ether oxygens (including phenoxy) is 1. The van der Waals surface area contributed by atoms with Crippen LogP contribution in [0.4, 0.5) is 0 Å². The summed E-state index contributed by atoms with van der Waals surface area (Å²) in [6.07, 6.45) is 0.0189. The molecule has 0 bridgehead atoms. The summed E-state index contributed by atoms with van der Waals surface area (Å²) in [5, 5.41) is 15.1. The normalized spacial score (nSPS) is 20.8. The van der Waals surface area contributed by atoms with Gasteiger partial charge in [-0.1, -0.05) is 23.7 Å². The Balaban J connectivity index is 1.69. The van der Waals surface area contributed by atoms with E-state index in [9.17, 15) is 14.7 Å². The molecule has 8 heteroatoms. The van der Waals surface area contributed by atoms with E-state index in [1.54, 1.807) is 53.4 Å². The summed E-state index contributed by atoms with van der Waals surface area (Å²) in [4.78, 5) is 30.1. The van der Waals surface area contributed by atoms with Crippen molar-refractivity contribution >= 4 is 29.1 Å². The van der Waals surface area contributed by atoms with Crippen LogP contribution in [0.1, 0.15) is 31.0 Å². The van der Waals surface area contributed by atoms with E-state index in [0.717, 1.165) is 31.7 Å². The summed E-state index contributed by atoms with van der Waals surface area (Å²) in [6, 6.07) is 13.2. The number of Topliss-reactive ketones (excluding diaryl/α,β-unsaturated/α-hetero) is 1. The molecule has 7 nitrogen and oxygen atoms in total. The number of nitrogens with zero attached hydrogens (tertiary/aromatic N) is 2. The van der Waals surface area contributed by atoms with Gasteiger partial charge >= 0.3 is 0 Å². The van der Waals surface area contributed by atoms with Gasteiger partial charge in [-0.15, -0.1) is 0 Å². The lowest BCUT2D eigenvalue weighted by molar-refractivity contribution is -0.140. The number of hydrogen-bond acceptors (Lipinski definition) is 6. The fourth-order valence-corrected chi connectivity index (χ4v) is 4.53. The number of carbonyl (C=O) groups is 2. The third kappa shape index (κ3) is 5.27. The summed E-state index contributed by atoms with van der Waals surface area (Å²) >= 11 is 6.09. The minimum Gasteiger partial charge on any atom is -0.507 e. The topological polar surface area (TPSA) is 82.1 Å². The molecule has 2 fully saturated rings. The van der Waals surface area contributed by atoms with Crippen molar-refractivity contribution in [2.75, 3.05) is 39.3 Å². The molecule has 4 rings (SSSR count). The standard InChI is InChI=1S/C26H30ClN3O4/c1-17(2)34-21-9-5-19(6-10-21)24(31)22-23(18-3-7-20(27)8-4-18)30(26(33)25(22)32)16-15-29-13-11-28-12-14-29/h3-10,17,23,28,31H,11-16H2,1-2H3. The van der Waals surface area contributed by atoms with E-state index in [2.05, 4.69) is 10.2 Å². The predicted molar refractivity (Wildman–Crippen MR) is 132 cm³/mol. The molecule has 180 valence electrons. The van der Waals surface area contributed by atoms with Crippen LogP contribution in [0.2, 0.25) is 5.02 Å². The Kier molecular flexibility index (Phi) is 7.56. The molecule has 2 aromatic rings. The van der Waals surface area contributed by atoms with Crippen molar-refractivity contribution in [1.29, 1.82) is 0 Å². The number of rotatable bonds is 7. The first-order valence-corrected chi connectivity index (χ1v) is 12.0. The summed E-state index contributed by atoms with van der Waals surface area (Å²) < 4.78 is 5.67. The highest BCUT2D eigenvalue weighted by atomic mass is 35.5. The van der Waals surface area contributed by atoms with Crippen molar-refractivity contribution < 1.29 is 19.4 Å². The van der Waals surface area contributed by atoms with Crippen LogP contribution in [0.5, 0.6) is 5.75 Å². The quantitative estimate of drug-likeness (QED) is 0.356. The van der Waals surface area contributed by atoms with Gasteiger partial charge in [0.1, 0.15) is 11.5 Å². The monoisotopic (exact) mass is 483 g/mol. The van der Waals surface area contributed by atoms with E-state index >= 15 is 0 Å². The minimum absolute atomic E-state index is 0.0189. The highest BCUT2D eigenvalue weighted by Gasteiger charge is 2.46. The Morgan fingerprint density at radius 1 is 1.06 bits per heavy atom. The number of ketones is 1. The fourth-order valence-electron chi connectivity index (χ4n) is 4.41. The van der Waals surface area contributed by atoms with E-state index in [1.807, 2.05) is 13.8 Å². The number of carbonyl (C=O) groups excluding carboxylic acids is 2. The predicted octanol–water partition coefficient (Wildman–Crippen LogP) is 3.45.